The van der Waals surface area contributed by atoms with Gasteiger partial charge in [-0.3, -0.25) is 4.68 Å². The highest BCUT2D eigenvalue weighted by Crippen LogP contribution is 2.18. The number of hydrogen-bond acceptors (Lipinski definition) is 3. The van der Waals surface area contributed by atoms with Crippen molar-refractivity contribution in [2.24, 2.45) is 14.1 Å². The van der Waals surface area contributed by atoms with Gasteiger partial charge < -0.3 is 9.88 Å². The second-order valence-corrected chi connectivity index (χ2v) is 3.57. The lowest BCUT2D eigenvalue weighted by Gasteiger charge is -2.13. The maximum Gasteiger partial charge on any atom is 0.130 e. The molecule has 15 heavy (non-hydrogen) atoms. The van der Waals surface area contributed by atoms with Crippen LogP contribution in [0.15, 0.2) is 24.8 Å². The number of hydrogen-bond donors (Lipinski definition) is 1. The fourth-order valence-corrected chi connectivity index (χ4v) is 1.69. The van der Waals surface area contributed by atoms with Crippen LogP contribution in [0, 0.1) is 0 Å². The van der Waals surface area contributed by atoms with Crippen LogP contribution >= 0.6 is 0 Å². The van der Waals surface area contributed by atoms with Crippen LogP contribution in [0.2, 0.25) is 0 Å². The highest BCUT2D eigenvalue weighted by Gasteiger charge is 2.17. The predicted molar refractivity (Wildman–Crippen MR) is 57.3 cm³/mol. The zero-order valence-electron chi connectivity index (χ0n) is 9.18. The van der Waals surface area contributed by atoms with E-state index in [0.29, 0.717) is 0 Å². The van der Waals surface area contributed by atoms with E-state index in [1.165, 1.54) is 0 Å². The standard InChI is InChI=1S/C10H15N5/c1-11-9(8-6-13-15(3)7-8)10-12-4-5-14(10)2/h4-7,9,11H,1-3H3. The molecule has 2 aromatic rings. The van der Waals surface area contributed by atoms with Crippen molar-refractivity contribution in [2.75, 3.05) is 7.05 Å². The number of imidazole rings is 1. The summed E-state index contributed by atoms with van der Waals surface area (Å²) in [5.41, 5.74) is 1.12. The minimum Gasteiger partial charge on any atom is -0.336 e. The molecule has 0 aliphatic rings. The van der Waals surface area contributed by atoms with Gasteiger partial charge in [0.15, 0.2) is 0 Å². The van der Waals surface area contributed by atoms with E-state index in [-0.39, 0.29) is 6.04 Å². The largest absolute Gasteiger partial charge is 0.336 e. The molecule has 2 aromatic heterocycles. The first-order chi connectivity index (χ1) is 7.22. The summed E-state index contributed by atoms with van der Waals surface area (Å²) in [4.78, 5) is 4.34. The molecule has 0 fully saturated rings. The fraction of sp³-hybridized carbons (Fsp3) is 0.400. The van der Waals surface area contributed by atoms with Gasteiger partial charge in [-0.05, 0) is 7.05 Å². The monoisotopic (exact) mass is 205 g/mol. The zero-order valence-corrected chi connectivity index (χ0v) is 9.18. The Hall–Kier alpha value is -1.62. The van der Waals surface area contributed by atoms with Crippen molar-refractivity contribution in [1.29, 1.82) is 0 Å². The molecule has 0 saturated carbocycles. The molecule has 1 unspecified atom stereocenters. The molecule has 2 heterocycles. The molecule has 0 aromatic carbocycles. The van der Waals surface area contributed by atoms with Gasteiger partial charge in [0, 0.05) is 38.2 Å². The van der Waals surface area contributed by atoms with Crippen molar-refractivity contribution < 1.29 is 0 Å². The number of nitrogens with zero attached hydrogens (tertiary/aromatic N) is 4. The molecule has 80 valence electrons. The minimum absolute atomic E-state index is 0.0960. The molecule has 2 rings (SSSR count). The van der Waals surface area contributed by atoms with Gasteiger partial charge in [-0.15, -0.1) is 0 Å². The third-order valence-electron chi connectivity index (χ3n) is 2.46. The summed E-state index contributed by atoms with van der Waals surface area (Å²) in [6.45, 7) is 0. The first kappa shape index (κ1) is 9.92. The number of rotatable bonds is 3. The van der Waals surface area contributed by atoms with Gasteiger partial charge in [0.1, 0.15) is 5.82 Å². The van der Waals surface area contributed by atoms with Gasteiger partial charge >= 0.3 is 0 Å². The Morgan fingerprint density at radius 2 is 2.20 bits per heavy atom. The Bertz CT molecular complexity index is 442. The Balaban J connectivity index is 2.36. The summed E-state index contributed by atoms with van der Waals surface area (Å²) in [5.74, 6) is 0.991. The van der Waals surface area contributed by atoms with E-state index in [0.717, 1.165) is 11.4 Å². The van der Waals surface area contributed by atoms with E-state index >= 15 is 0 Å². The lowest BCUT2D eigenvalue weighted by atomic mass is 10.1. The third-order valence-corrected chi connectivity index (χ3v) is 2.46. The molecule has 1 N–H and O–H groups in total. The van der Waals surface area contributed by atoms with Gasteiger partial charge in [0.25, 0.3) is 0 Å². The number of aromatic nitrogens is 4. The second kappa shape index (κ2) is 3.86. The lowest BCUT2D eigenvalue weighted by Crippen LogP contribution is -2.20. The maximum atomic E-state index is 4.34. The molecule has 0 bridgehead atoms. The van der Waals surface area contributed by atoms with E-state index in [9.17, 15) is 0 Å². The normalized spacial score (nSPS) is 13.0. The number of nitrogens with one attached hydrogen (secondary N) is 1. The van der Waals surface area contributed by atoms with Gasteiger partial charge in [-0.1, -0.05) is 0 Å². The fourth-order valence-electron chi connectivity index (χ4n) is 1.69. The number of aryl methyl sites for hydroxylation is 2. The highest BCUT2D eigenvalue weighted by molar-refractivity contribution is 5.19. The topological polar surface area (TPSA) is 47.7 Å². The van der Waals surface area contributed by atoms with Gasteiger partial charge in [-0.25, -0.2) is 4.98 Å². The van der Waals surface area contributed by atoms with Crippen LogP contribution in [-0.4, -0.2) is 26.4 Å². The van der Waals surface area contributed by atoms with E-state index in [4.69, 9.17) is 0 Å². The molecule has 0 saturated heterocycles. The van der Waals surface area contributed by atoms with Gasteiger partial charge in [0.2, 0.25) is 0 Å². The molecule has 1 atom stereocenters. The maximum absolute atomic E-state index is 4.34. The molecule has 0 amide bonds. The molecular formula is C10H15N5. The molecule has 0 aliphatic carbocycles. The summed E-state index contributed by atoms with van der Waals surface area (Å²) in [5, 5.41) is 7.40. The first-order valence-electron chi connectivity index (χ1n) is 4.85. The van der Waals surface area contributed by atoms with Crippen molar-refractivity contribution in [3.05, 3.63) is 36.2 Å². The first-order valence-corrected chi connectivity index (χ1v) is 4.85. The van der Waals surface area contributed by atoms with Gasteiger partial charge in [-0.2, -0.15) is 5.10 Å². The third kappa shape index (κ3) is 1.78. The van der Waals surface area contributed by atoms with Crippen LogP contribution in [-0.2, 0) is 14.1 Å². The van der Waals surface area contributed by atoms with Crippen LogP contribution in [0.25, 0.3) is 0 Å². The Kier molecular flexibility index (Phi) is 2.55. The van der Waals surface area contributed by atoms with Crippen molar-refractivity contribution in [1.82, 2.24) is 24.6 Å². The van der Waals surface area contributed by atoms with E-state index in [2.05, 4.69) is 15.4 Å². The van der Waals surface area contributed by atoms with Crippen molar-refractivity contribution >= 4 is 0 Å². The van der Waals surface area contributed by atoms with Crippen LogP contribution in [0.3, 0.4) is 0 Å². The average Bonchev–Trinajstić information content (AvgIpc) is 2.79. The van der Waals surface area contributed by atoms with Crippen LogP contribution < -0.4 is 5.32 Å². The minimum atomic E-state index is 0.0960. The average molecular weight is 205 g/mol. The molecule has 0 radical (unpaired) electrons. The molecule has 0 aliphatic heterocycles. The van der Waals surface area contributed by atoms with Gasteiger partial charge in [0.05, 0.1) is 12.2 Å². The predicted octanol–water partition coefficient (Wildman–Crippen LogP) is 0.462. The second-order valence-electron chi connectivity index (χ2n) is 3.57. The Labute approximate surface area is 88.7 Å². The zero-order chi connectivity index (χ0) is 10.8. The highest BCUT2D eigenvalue weighted by atomic mass is 15.2. The SMILES string of the molecule is CNC(c1cnn(C)c1)c1nccn1C. The van der Waals surface area contributed by atoms with Crippen LogP contribution in [0.1, 0.15) is 17.4 Å². The van der Waals surface area contributed by atoms with Crippen molar-refractivity contribution in [2.45, 2.75) is 6.04 Å². The smallest absolute Gasteiger partial charge is 0.130 e. The summed E-state index contributed by atoms with van der Waals surface area (Å²) in [6, 6.07) is 0.0960. The summed E-state index contributed by atoms with van der Waals surface area (Å²) < 4.78 is 3.80. The molecular weight excluding hydrogens is 190 g/mol. The summed E-state index contributed by atoms with van der Waals surface area (Å²) in [7, 11) is 5.82. The summed E-state index contributed by atoms with van der Waals surface area (Å²) >= 11 is 0. The Morgan fingerprint density at radius 1 is 1.40 bits per heavy atom. The Morgan fingerprint density at radius 3 is 2.67 bits per heavy atom. The van der Waals surface area contributed by atoms with E-state index in [1.807, 2.05) is 44.3 Å². The van der Waals surface area contributed by atoms with Crippen LogP contribution in [0.5, 0.6) is 0 Å². The summed E-state index contributed by atoms with van der Waals surface area (Å²) in [6.07, 6.45) is 7.60. The molecule has 5 heteroatoms. The van der Waals surface area contributed by atoms with Crippen LogP contribution in [0.4, 0.5) is 0 Å². The van der Waals surface area contributed by atoms with E-state index < -0.39 is 0 Å². The molecule has 0 spiro atoms. The lowest BCUT2D eigenvalue weighted by molar-refractivity contribution is 0.616. The molecule has 5 nitrogen and oxygen atoms in total. The van der Waals surface area contributed by atoms with Crippen molar-refractivity contribution in [3.63, 3.8) is 0 Å². The van der Waals surface area contributed by atoms with E-state index in [1.54, 1.807) is 10.9 Å². The van der Waals surface area contributed by atoms with Crippen molar-refractivity contribution in [3.8, 4) is 0 Å². The quantitative estimate of drug-likeness (QED) is 0.792.